The van der Waals surface area contributed by atoms with Crippen LogP contribution >= 0.6 is 0 Å². The van der Waals surface area contributed by atoms with Crippen LogP contribution in [-0.4, -0.2) is 11.6 Å². The topological polar surface area (TPSA) is 25.0 Å². The number of hydrogen-bond donors (Lipinski definition) is 1. The van der Waals surface area contributed by atoms with Crippen molar-refractivity contribution < 1.29 is 4.74 Å². The molecule has 1 fully saturated rings. The van der Waals surface area contributed by atoms with E-state index in [9.17, 15) is 0 Å². The molecule has 1 heterocycles. The van der Waals surface area contributed by atoms with Gasteiger partial charge in [0.15, 0.2) is 0 Å². The molecule has 1 aromatic carbocycles. The lowest BCUT2D eigenvalue weighted by Crippen LogP contribution is -2.03. The van der Waals surface area contributed by atoms with Crippen LogP contribution in [0.2, 0.25) is 0 Å². The molecule has 0 amide bonds. The molecule has 0 spiro atoms. The molecular formula is C15H19NO. The Morgan fingerprint density at radius 3 is 2.94 bits per heavy atom. The Morgan fingerprint density at radius 1 is 1.18 bits per heavy atom. The van der Waals surface area contributed by atoms with E-state index in [0.29, 0.717) is 0 Å². The summed E-state index contributed by atoms with van der Waals surface area (Å²) in [4.78, 5) is 3.19. The van der Waals surface area contributed by atoms with Gasteiger partial charge in [-0.3, -0.25) is 0 Å². The maximum Gasteiger partial charge on any atom is 0.120 e. The SMILES string of the molecule is c1cc2cc(OCCC3CCCC3)ccc2[nH]1. The van der Waals surface area contributed by atoms with Gasteiger partial charge in [0.25, 0.3) is 0 Å². The van der Waals surface area contributed by atoms with Crippen molar-refractivity contribution in [2.45, 2.75) is 32.1 Å². The van der Waals surface area contributed by atoms with Crippen LogP contribution in [0.4, 0.5) is 0 Å². The summed E-state index contributed by atoms with van der Waals surface area (Å²) < 4.78 is 5.83. The monoisotopic (exact) mass is 229 g/mol. The van der Waals surface area contributed by atoms with Gasteiger partial charge in [-0.1, -0.05) is 25.7 Å². The second kappa shape index (κ2) is 4.82. The van der Waals surface area contributed by atoms with E-state index >= 15 is 0 Å². The summed E-state index contributed by atoms with van der Waals surface area (Å²) >= 11 is 0. The van der Waals surface area contributed by atoms with Crippen LogP contribution < -0.4 is 4.74 Å². The summed E-state index contributed by atoms with van der Waals surface area (Å²) in [5.74, 6) is 1.90. The van der Waals surface area contributed by atoms with Crippen molar-refractivity contribution in [2.75, 3.05) is 6.61 Å². The minimum Gasteiger partial charge on any atom is -0.494 e. The molecule has 0 saturated heterocycles. The Bertz CT molecular complexity index is 482. The smallest absolute Gasteiger partial charge is 0.120 e. The molecule has 2 nitrogen and oxygen atoms in total. The molecule has 1 N–H and O–H groups in total. The van der Waals surface area contributed by atoms with Gasteiger partial charge in [0.2, 0.25) is 0 Å². The molecule has 1 aliphatic carbocycles. The number of aromatic amines is 1. The number of aromatic nitrogens is 1. The first-order valence-corrected chi connectivity index (χ1v) is 6.62. The molecule has 2 heteroatoms. The van der Waals surface area contributed by atoms with E-state index in [2.05, 4.69) is 23.2 Å². The highest BCUT2D eigenvalue weighted by atomic mass is 16.5. The van der Waals surface area contributed by atoms with E-state index in [1.807, 2.05) is 12.3 Å². The highest BCUT2D eigenvalue weighted by Crippen LogP contribution is 2.28. The zero-order valence-corrected chi connectivity index (χ0v) is 10.1. The summed E-state index contributed by atoms with van der Waals surface area (Å²) in [6.07, 6.45) is 8.82. The van der Waals surface area contributed by atoms with Gasteiger partial charge in [-0.2, -0.15) is 0 Å². The van der Waals surface area contributed by atoms with Crippen molar-refractivity contribution in [1.29, 1.82) is 0 Å². The van der Waals surface area contributed by atoms with E-state index in [-0.39, 0.29) is 0 Å². The number of ether oxygens (including phenoxy) is 1. The number of nitrogens with one attached hydrogen (secondary N) is 1. The van der Waals surface area contributed by atoms with E-state index in [4.69, 9.17) is 4.74 Å². The maximum atomic E-state index is 5.83. The fraction of sp³-hybridized carbons (Fsp3) is 0.467. The molecule has 1 aromatic heterocycles. The normalized spacial score (nSPS) is 16.7. The van der Waals surface area contributed by atoms with Gasteiger partial charge in [-0.25, -0.2) is 0 Å². The van der Waals surface area contributed by atoms with Crippen LogP contribution in [0.1, 0.15) is 32.1 Å². The Hall–Kier alpha value is -1.44. The molecule has 0 unspecified atom stereocenters. The summed E-state index contributed by atoms with van der Waals surface area (Å²) in [6.45, 7) is 0.862. The predicted molar refractivity (Wildman–Crippen MR) is 70.4 cm³/mol. The zero-order chi connectivity index (χ0) is 11.5. The second-order valence-corrected chi connectivity index (χ2v) is 5.01. The van der Waals surface area contributed by atoms with Crippen LogP contribution in [0.15, 0.2) is 30.5 Å². The van der Waals surface area contributed by atoms with E-state index < -0.39 is 0 Å². The van der Waals surface area contributed by atoms with E-state index in [1.165, 1.54) is 43.0 Å². The molecule has 90 valence electrons. The van der Waals surface area contributed by atoms with Crippen LogP contribution in [0.25, 0.3) is 10.9 Å². The van der Waals surface area contributed by atoms with Crippen molar-refractivity contribution in [3.05, 3.63) is 30.5 Å². The number of benzene rings is 1. The third-order valence-electron chi connectivity index (χ3n) is 3.79. The minimum absolute atomic E-state index is 0.862. The first kappa shape index (κ1) is 10.7. The molecule has 17 heavy (non-hydrogen) atoms. The quantitative estimate of drug-likeness (QED) is 0.837. The molecular weight excluding hydrogens is 210 g/mol. The number of H-pyrrole nitrogens is 1. The highest BCUT2D eigenvalue weighted by molar-refractivity contribution is 5.80. The zero-order valence-electron chi connectivity index (χ0n) is 10.1. The lowest BCUT2D eigenvalue weighted by molar-refractivity contribution is 0.279. The summed E-state index contributed by atoms with van der Waals surface area (Å²) in [7, 11) is 0. The molecule has 3 rings (SSSR count). The Balaban J connectivity index is 1.56. The van der Waals surface area contributed by atoms with Crippen LogP contribution in [-0.2, 0) is 0 Å². The molecule has 0 aliphatic heterocycles. The third-order valence-corrected chi connectivity index (χ3v) is 3.79. The Morgan fingerprint density at radius 2 is 2.06 bits per heavy atom. The summed E-state index contributed by atoms with van der Waals surface area (Å²) in [5.41, 5.74) is 1.17. The average Bonchev–Trinajstić information content (AvgIpc) is 2.98. The van der Waals surface area contributed by atoms with Gasteiger partial charge in [-0.15, -0.1) is 0 Å². The highest BCUT2D eigenvalue weighted by Gasteiger charge is 2.14. The van der Waals surface area contributed by atoms with Crippen molar-refractivity contribution >= 4 is 10.9 Å². The van der Waals surface area contributed by atoms with Crippen LogP contribution in [0, 0.1) is 5.92 Å². The number of hydrogen-bond acceptors (Lipinski definition) is 1. The van der Waals surface area contributed by atoms with Gasteiger partial charge in [0, 0.05) is 17.1 Å². The Labute approximate surface area is 102 Å². The molecule has 0 radical (unpaired) electrons. The fourth-order valence-electron chi connectivity index (χ4n) is 2.76. The molecule has 2 aromatic rings. The molecule has 0 bridgehead atoms. The van der Waals surface area contributed by atoms with E-state index in [0.717, 1.165) is 18.3 Å². The van der Waals surface area contributed by atoms with Crippen molar-refractivity contribution in [2.24, 2.45) is 5.92 Å². The lowest BCUT2D eigenvalue weighted by atomic mass is 10.1. The predicted octanol–water partition coefficient (Wildman–Crippen LogP) is 4.13. The van der Waals surface area contributed by atoms with Gasteiger partial charge in [0.05, 0.1) is 6.61 Å². The van der Waals surface area contributed by atoms with Crippen molar-refractivity contribution in [1.82, 2.24) is 4.98 Å². The molecule has 0 atom stereocenters. The first-order chi connectivity index (χ1) is 8.42. The van der Waals surface area contributed by atoms with Gasteiger partial charge >= 0.3 is 0 Å². The summed E-state index contributed by atoms with van der Waals surface area (Å²) in [5, 5.41) is 1.23. The van der Waals surface area contributed by atoms with Crippen molar-refractivity contribution in [3.8, 4) is 5.75 Å². The lowest BCUT2D eigenvalue weighted by Gasteiger charge is -2.10. The van der Waals surface area contributed by atoms with Gasteiger partial charge < -0.3 is 9.72 Å². The van der Waals surface area contributed by atoms with Gasteiger partial charge in [-0.05, 0) is 36.6 Å². The Kier molecular flexibility index (Phi) is 3.04. The second-order valence-electron chi connectivity index (χ2n) is 5.01. The van der Waals surface area contributed by atoms with Crippen molar-refractivity contribution in [3.63, 3.8) is 0 Å². The standard InChI is InChI=1S/C15H19NO/c1-2-4-12(3-1)8-10-17-14-5-6-15-13(11-14)7-9-16-15/h5-7,9,11-12,16H,1-4,8,10H2. The largest absolute Gasteiger partial charge is 0.494 e. The maximum absolute atomic E-state index is 5.83. The minimum atomic E-state index is 0.862. The average molecular weight is 229 g/mol. The summed E-state index contributed by atoms with van der Waals surface area (Å²) in [6, 6.07) is 8.33. The molecule has 1 aliphatic rings. The van der Waals surface area contributed by atoms with Crippen LogP contribution in [0.5, 0.6) is 5.75 Å². The third kappa shape index (κ3) is 2.46. The first-order valence-electron chi connectivity index (χ1n) is 6.62. The number of rotatable bonds is 4. The fourth-order valence-corrected chi connectivity index (χ4v) is 2.76. The van der Waals surface area contributed by atoms with Crippen LogP contribution in [0.3, 0.4) is 0 Å². The number of fused-ring (bicyclic) bond motifs is 1. The van der Waals surface area contributed by atoms with Gasteiger partial charge in [0.1, 0.15) is 5.75 Å². The van der Waals surface area contributed by atoms with E-state index in [1.54, 1.807) is 0 Å². The molecule has 1 saturated carbocycles.